The highest BCUT2D eigenvalue weighted by molar-refractivity contribution is 7.92. The van der Waals surface area contributed by atoms with Gasteiger partial charge < -0.3 is 4.90 Å². The highest BCUT2D eigenvalue weighted by atomic mass is 32.2. The van der Waals surface area contributed by atoms with E-state index in [1.54, 1.807) is 24.3 Å². The van der Waals surface area contributed by atoms with Gasteiger partial charge in [-0.1, -0.05) is 17.7 Å². The maximum Gasteiger partial charge on any atom is 0.261 e. The molecule has 2 heterocycles. The molecule has 1 saturated heterocycles. The van der Waals surface area contributed by atoms with Crippen molar-refractivity contribution in [2.45, 2.75) is 24.7 Å². The molecule has 0 aliphatic carbocycles. The standard InChI is InChI=1S/C15H18N4O2S/c1-12-4-6-14(7-5-12)22(20,21)18-13-10-16-15(17-11-13)19-8-2-3-9-19/h4-7,10-11,18H,2-3,8-9H2,1H3. The normalized spacial score (nSPS) is 15.0. The van der Waals surface area contributed by atoms with Crippen LogP contribution < -0.4 is 9.62 Å². The van der Waals surface area contributed by atoms with Crippen LogP contribution in [0.3, 0.4) is 0 Å². The molecule has 0 unspecified atom stereocenters. The van der Waals surface area contributed by atoms with E-state index in [4.69, 9.17) is 0 Å². The molecule has 116 valence electrons. The number of hydrogen-bond acceptors (Lipinski definition) is 5. The van der Waals surface area contributed by atoms with Crippen LogP contribution in [-0.4, -0.2) is 31.5 Å². The summed E-state index contributed by atoms with van der Waals surface area (Å²) in [6.07, 6.45) is 5.30. The van der Waals surface area contributed by atoms with E-state index in [1.165, 1.54) is 12.4 Å². The Balaban J connectivity index is 1.75. The van der Waals surface area contributed by atoms with Gasteiger partial charge in [0.1, 0.15) is 0 Å². The molecule has 6 nitrogen and oxygen atoms in total. The average Bonchev–Trinajstić information content (AvgIpc) is 3.02. The Morgan fingerprint density at radius 2 is 1.64 bits per heavy atom. The van der Waals surface area contributed by atoms with Gasteiger partial charge in [0.05, 0.1) is 23.0 Å². The quantitative estimate of drug-likeness (QED) is 0.935. The molecule has 1 aromatic heterocycles. The molecule has 2 aromatic rings. The predicted molar refractivity (Wildman–Crippen MR) is 85.5 cm³/mol. The minimum absolute atomic E-state index is 0.224. The fourth-order valence-electron chi connectivity index (χ4n) is 2.39. The number of rotatable bonds is 4. The summed E-state index contributed by atoms with van der Waals surface area (Å²) in [5, 5.41) is 0. The zero-order chi connectivity index (χ0) is 15.6. The number of nitrogens with one attached hydrogen (secondary N) is 1. The summed E-state index contributed by atoms with van der Waals surface area (Å²) in [5.41, 5.74) is 1.38. The lowest BCUT2D eigenvalue weighted by molar-refractivity contribution is 0.601. The molecule has 0 radical (unpaired) electrons. The Morgan fingerprint density at radius 3 is 2.23 bits per heavy atom. The van der Waals surface area contributed by atoms with Crippen molar-refractivity contribution in [1.29, 1.82) is 0 Å². The fraction of sp³-hybridized carbons (Fsp3) is 0.333. The molecule has 1 aromatic carbocycles. The second-order valence-electron chi connectivity index (χ2n) is 5.38. The molecule has 7 heteroatoms. The molecule has 0 atom stereocenters. The number of hydrogen-bond donors (Lipinski definition) is 1. The summed E-state index contributed by atoms with van der Waals surface area (Å²) in [4.78, 5) is 10.8. The van der Waals surface area contributed by atoms with Crippen molar-refractivity contribution in [1.82, 2.24) is 9.97 Å². The summed E-state index contributed by atoms with van der Waals surface area (Å²) in [5.74, 6) is 0.649. The Labute approximate surface area is 130 Å². The lowest BCUT2D eigenvalue weighted by Crippen LogP contribution is -2.20. The summed E-state index contributed by atoms with van der Waals surface area (Å²) >= 11 is 0. The third kappa shape index (κ3) is 3.19. The van der Waals surface area contributed by atoms with E-state index in [1.807, 2.05) is 6.92 Å². The Morgan fingerprint density at radius 1 is 1.05 bits per heavy atom. The number of aromatic nitrogens is 2. The van der Waals surface area contributed by atoms with Crippen LogP contribution in [0.2, 0.25) is 0 Å². The van der Waals surface area contributed by atoms with Crippen LogP contribution in [0.4, 0.5) is 11.6 Å². The molecule has 1 aliphatic heterocycles. The van der Waals surface area contributed by atoms with E-state index in [-0.39, 0.29) is 4.90 Å². The van der Waals surface area contributed by atoms with Gasteiger partial charge in [-0.05, 0) is 31.9 Å². The first kappa shape index (κ1) is 14.8. The molecule has 1 N–H and O–H groups in total. The first-order valence-corrected chi connectivity index (χ1v) is 8.69. The number of sulfonamides is 1. The van der Waals surface area contributed by atoms with Crippen molar-refractivity contribution in [3.05, 3.63) is 42.2 Å². The van der Waals surface area contributed by atoms with Gasteiger partial charge in [-0.3, -0.25) is 4.72 Å². The average molecular weight is 318 g/mol. The Hall–Kier alpha value is -2.15. The van der Waals surface area contributed by atoms with E-state index in [2.05, 4.69) is 19.6 Å². The lowest BCUT2D eigenvalue weighted by atomic mass is 10.2. The van der Waals surface area contributed by atoms with Gasteiger partial charge in [0.2, 0.25) is 5.95 Å². The molecular formula is C15H18N4O2S. The van der Waals surface area contributed by atoms with E-state index < -0.39 is 10.0 Å². The van der Waals surface area contributed by atoms with Gasteiger partial charge in [0.25, 0.3) is 10.0 Å². The predicted octanol–water partition coefficient (Wildman–Crippen LogP) is 2.19. The second kappa shape index (κ2) is 5.92. The second-order valence-corrected chi connectivity index (χ2v) is 7.07. The molecule has 0 saturated carbocycles. The molecular weight excluding hydrogens is 300 g/mol. The monoisotopic (exact) mass is 318 g/mol. The minimum atomic E-state index is -3.61. The highest BCUT2D eigenvalue weighted by Gasteiger charge is 2.17. The van der Waals surface area contributed by atoms with Crippen molar-refractivity contribution < 1.29 is 8.42 Å². The smallest absolute Gasteiger partial charge is 0.261 e. The topological polar surface area (TPSA) is 75.2 Å². The van der Waals surface area contributed by atoms with Crippen LogP contribution in [0.25, 0.3) is 0 Å². The van der Waals surface area contributed by atoms with Crippen LogP contribution >= 0.6 is 0 Å². The maximum atomic E-state index is 12.3. The van der Waals surface area contributed by atoms with Crippen LogP contribution in [-0.2, 0) is 10.0 Å². The molecule has 22 heavy (non-hydrogen) atoms. The van der Waals surface area contributed by atoms with Crippen LogP contribution in [0.5, 0.6) is 0 Å². The Kier molecular flexibility index (Phi) is 3.98. The molecule has 0 amide bonds. The molecule has 3 rings (SSSR count). The highest BCUT2D eigenvalue weighted by Crippen LogP contribution is 2.18. The lowest BCUT2D eigenvalue weighted by Gasteiger charge is -2.15. The van der Waals surface area contributed by atoms with Gasteiger partial charge in [-0.25, -0.2) is 18.4 Å². The van der Waals surface area contributed by atoms with E-state index in [0.29, 0.717) is 11.6 Å². The number of aryl methyl sites for hydroxylation is 1. The van der Waals surface area contributed by atoms with Crippen molar-refractivity contribution >= 4 is 21.7 Å². The van der Waals surface area contributed by atoms with Crippen molar-refractivity contribution in [3.8, 4) is 0 Å². The van der Waals surface area contributed by atoms with Gasteiger partial charge in [0, 0.05) is 13.1 Å². The van der Waals surface area contributed by atoms with E-state index in [0.717, 1.165) is 31.5 Å². The first-order chi connectivity index (χ1) is 10.5. The van der Waals surface area contributed by atoms with E-state index in [9.17, 15) is 8.42 Å². The summed E-state index contributed by atoms with van der Waals surface area (Å²) < 4.78 is 27.1. The van der Waals surface area contributed by atoms with Gasteiger partial charge in [0.15, 0.2) is 0 Å². The third-order valence-electron chi connectivity index (χ3n) is 3.61. The van der Waals surface area contributed by atoms with Gasteiger partial charge >= 0.3 is 0 Å². The first-order valence-electron chi connectivity index (χ1n) is 7.21. The van der Waals surface area contributed by atoms with Crippen molar-refractivity contribution in [3.63, 3.8) is 0 Å². The third-order valence-corrected chi connectivity index (χ3v) is 5.01. The molecule has 0 bridgehead atoms. The van der Waals surface area contributed by atoms with Crippen LogP contribution in [0, 0.1) is 6.92 Å². The number of benzene rings is 1. The molecule has 1 aliphatic rings. The van der Waals surface area contributed by atoms with Crippen molar-refractivity contribution in [2.24, 2.45) is 0 Å². The van der Waals surface area contributed by atoms with Crippen LogP contribution in [0.15, 0.2) is 41.6 Å². The van der Waals surface area contributed by atoms with Crippen molar-refractivity contribution in [2.75, 3.05) is 22.7 Å². The summed E-state index contributed by atoms with van der Waals surface area (Å²) in [6, 6.07) is 6.69. The molecule has 0 spiro atoms. The van der Waals surface area contributed by atoms with Crippen LogP contribution in [0.1, 0.15) is 18.4 Å². The summed E-state index contributed by atoms with van der Waals surface area (Å²) in [7, 11) is -3.61. The number of nitrogens with zero attached hydrogens (tertiary/aromatic N) is 3. The van der Waals surface area contributed by atoms with Gasteiger partial charge in [-0.15, -0.1) is 0 Å². The maximum absolute atomic E-state index is 12.3. The summed E-state index contributed by atoms with van der Waals surface area (Å²) in [6.45, 7) is 3.82. The number of anilines is 2. The van der Waals surface area contributed by atoms with E-state index >= 15 is 0 Å². The SMILES string of the molecule is Cc1ccc(S(=O)(=O)Nc2cnc(N3CCCC3)nc2)cc1. The largest absolute Gasteiger partial charge is 0.341 e. The minimum Gasteiger partial charge on any atom is -0.341 e. The zero-order valence-corrected chi connectivity index (χ0v) is 13.2. The molecule has 1 fully saturated rings. The fourth-order valence-corrected chi connectivity index (χ4v) is 3.41. The van der Waals surface area contributed by atoms with Gasteiger partial charge in [-0.2, -0.15) is 0 Å². The zero-order valence-electron chi connectivity index (χ0n) is 12.4. The Bertz CT molecular complexity index is 736.